The number of rotatable bonds is 4. The van der Waals surface area contributed by atoms with Crippen LogP contribution in [0.2, 0.25) is 0 Å². The summed E-state index contributed by atoms with van der Waals surface area (Å²) in [6, 6.07) is 8.92. The summed E-state index contributed by atoms with van der Waals surface area (Å²) in [6.45, 7) is 0. The number of ether oxygens (including phenoxy) is 1. The van der Waals surface area contributed by atoms with Crippen LogP contribution in [0.1, 0.15) is 23.2 Å². The summed E-state index contributed by atoms with van der Waals surface area (Å²) in [6.07, 6.45) is 1.89. The number of benzene rings is 1. The maximum Gasteiger partial charge on any atom is 0.316 e. The van der Waals surface area contributed by atoms with E-state index in [2.05, 4.69) is 0 Å². The molecule has 0 bridgehead atoms. The molecule has 1 fully saturated rings. The van der Waals surface area contributed by atoms with E-state index in [0.29, 0.717) is 5.56 Å². The van der Waals surface area contributed by atoms with Gasteiger partial charge in [0, 0.05) is 5.56 Å². The maximum absolute atomic E-state index is 12.1. The average Bonchev–Trinajstić information content (AvgIpc) is 3.14. The number of ketones is 1. The minimum absolute atomic E-state index is 0.116. The van der Waals surface area contributed by atoms with E-state index in [4.69, 9.17) is 4.74 Å². The average molecular weight is 218 g/mol. The van der Waals surface area contributed by atoms with E-state index < -0.39 is 11.9 Å². The van der Waals surface area contributed by atoms with Crippen LogP contribution in [0.5, 0.6) is 0 Å². The first-order chi connectivity index (χ1) is 7.74. The first kappa shape index (κ1) is 10.9. The van der Waals surface area contributed by atoms with Gasteiger partial charge in [0.15, 0.2) is 5.78 Å². The van der Waals surface area contributed by atoms with Crippen molar-refractivity contribution in [1.82, 2.24) is 0 Å². The Balaban J connectivity index is 2.21. The molecule has 1 aromatic rings. The number of hydrogen-bond donors (Lipinski definition) is 0. The molecule has 1 unspecified atom stereocenters. The molecule has 0 N–H and O–H groups in total. The molecule has 3 nitrogen and oxygen atoms in total. The van der Waals surface area contributed by atoms with Crippen LogP contribution in [0.25, 0.3) is 0 Å². The molecule has 1 saturated carbocycles. The van der Waals surface area contributed by atoms with Crippen molar-refractivity contribution in [3.8, 4) is 0 Å². The maximum atomic E-state index is 12.1. The minimum atomic E-state index is -0.604. The molecule has 0 spiro atoms. The van der Waals surface area contributed by atoms with Crippen molar-refractivity contribution in [3.05, 3.63) is 35.9 Å². The van der Waals surface area contributed by atoms with Crippen molar-refractivity contribution in [1.29, 1.82) is 0 Å². The minimum Gasteiger partial charge on any atom is -0.468 e. The van der Waals surface area contributed by atoms with Crippen molar-refractivity contribution in [2.24, 2.45) is 11.8 Å². The van der Waals surface area contributed by atoms with Gasteiger partial charge >= 0.3 is 5.97 Å². The molecule has 84 valence electrons. The topological polar surface area (TPSA) is 43.4 Å². The summed E-state index contributed by atoms with van der Waals surface area (Å²) in [4.78, 5) is 23.7. The van der Waals surface area contributed by atoms with Crippen molar-refractivity contribution < 1.29 is 14.3 Å². The van der Waals surface area contributed by atoms with Gasteiger partial charge in [0.05, 0.1) is 7.11 Å². The van der Waals surface area contributed by atoms with Crippen LogP contribution in [0.15, 0.2) is 30.3 Å². The zero-order chi connectivity index (χ0) is 11.5. The Morgan fingerprint density at radius 2 is 1.88 bits per heavy atom. The molecule has 2 rings (SSSR count). The lowest BCUT2D eigenvalue weighted by molar-refractivity contribution is -0.144. The fourth-order valence-electron chi connectivity index (χ4n) is 1.85. The van der Waals surface area contributed by atoms with Crippen LogP contribution in [0.4, 0.5) is 0 Å². The van der Waals surface area contributed by atoms with Crippen LogP contribution in [0, 0.1) is 11.8 Å². The van der Waals surface area contributed by atoms with Gasteiger partial charge in [0.25, 0.3) is 0 Å². The number of carbonyl (C=O) groups excluding carboxylic acids is 2. The van der Waals surface area contributed by atoms with Gasteiger partial charge < -0.3 is 4.74 Å². The molecule has 3 heteroatoms. The van der Waals surface area contributed by atoms with Gasteiger partial charge in [-0.2, -0.15) is 0 Å². The Kier molecular flexibility index (Phi) is 3.04. The predicted molar refractivity (Wildman–Crippen MR) is 59.0 cm³/mol. The van der Waals surface area contributed by atoms with Gasteiger partial charge in [0.1, 0.15) is 5.92 Å². The zero-order valence-electron chi connectivity index (χ0n) is 9.18. The zero-order valence-corrected chi connectivity index (χ0v) is 9.18. The Hall–Kier alpha value is -1.64. The van der Waals surface area contributed by atoms with Gasteiger partial charge in [-0.05, 0) is 18.8 Å². The quantitative estimate of drug-likeness (QED) is 0.441. The Bertz CT molecular complexity index is 393. The first-order valence-corrected chi connectivity index (χ1v) is 5.41. The molecule has 0 aliphatic heterocycles. The molecular formula is C13H14O3. The largest absolute Gasteiger partial charge is 0.468 e. The van der Waals surface area contributed by atoms with Crippen LogP contribution in [-0.2, 0) is 9.53 Å². The molecule has 1 atom stereocenters. The van der Waals surface area contributed by atoms with Gasteiger partial charge in [-0.1, -0.05) is 30.3 Å². The smallest absolute Gasteiger partial charge is 0.316 e. The summed E-state index contributed by atoms with van der Waals surface area (Å²) in [5, 5.41) is 0. The lowest BCUT2D eigenvalue weighted by Gasteiger charge is -2.12. The Morgan fingerprint density at radius 1 is 1.25 bits per heavy atom. The fourth-order valence-corrected chi connectivity index (χ4v) is 1.85. The molecule has 0 heterocycles. The Morgan fingerprint density at radius 3 is 2.38 bits per heavy atom. The third-order valence-electron chi connectivity index (χ3n) is 2.89. The molecular weight excluding hydrogens is 204 g/mol. The van der Waals surface area contributed by atoms with Crippen molar-refractivity contribution in [2.75, 3.05) is 7.11 Å². The summed E-state index contributed by atoms with van der Waals surface area (Å²) in [5.41, 5.74) is 0.588. The SMILES string of the molecule is COC(=O)C(C(=O)c1ccccc1)C1CC1. The number of hydrogen-bond acceptors (Lipinski definition) is 3. The highest BCUT2D eigenvalue weighted by atomic mass is 16.5. The molecule has 16 heavy (non-hydrogen) atoms. The lowest BCUT2D eigenvalue weighted by Crippen LogP contribution is -2.27. The van der Waals surface area contributed by atoms with E-state index in [9.17, 15) is 9.59 Å². The van der Waals surface area contributed by atoms with E-state index in [1.54, 1.807) is 24.3 Å². The second kappa shape index (κ2) is 4.47. The predicted octanol–water partition coefficient (Wildman–Crippen LogP) is 2.07. The van der Waals surface area contributed by atoms with E-state index >= 15 is 0 Å². The number of esters is 1. The Labute approximate surface area is 94.4 Å². The molecule has 1 aliphatic carbocycles. The summed E-state index contributed by atoms with van der Waals surface area (Å²) in [7, 11) is 1.33. The van der Waals surface area contributed by atoms with Gasteiger partial charge in [-0.15, -0.1) is 0 Å². The van der Waals surface area contributed by atoms with Gasteiger partial charge in [0.2, 0.25) is 0 Å². The normalized spacial score (nSPS) is 16.6. The standard InChI is InChI=1S/C13H14O3/c1-16-13(15)11(9-7-8-9)12(14)10-5-3-2-4-6-10/h2-6,9,11H,7-8H2,1H3. The number of methoxy groups -OCH3 is 1. The number of carbonyl (C=O) groups is 2. The van der Waals surface area contributed by atoms with Crippen LogP contribution in [-0.4, -0.2) is 18.9 Å². The lowest BCUT2D eigenvalue weighted by atomic mass is 9.93. The molecule has 0 aromatic heterocycles. The van der Waals surface area contributed by atoms with Crippen molar-refractivity contribution in [3.63, 3.8) is 0 Å². The third-order valence-corrected chi connectivity index (χ3v) is 2.89. The molecule has 1 aliphatic rings. The fraction of sp³-hybridized carbons (Fsp3) is 0.385. The monoisotopic (exact) mass is 218 g/mol. The van der Waals surface area contributed by atoms with Gasteiger partial charge in [-0.3, -0.25) is 9.59 Å². The van der Waals surface area contributed by atoms with Crippen molar-refractivity contribution >= 4 is 11.8 Å². The van der Waals surface area contributed by atoms with Crippen molar-refractivity contribution in [2.45, 2.75) is 12.8 Å². The van der Waals surface area contributed by atoms with Crippen LogP contribution in [0.3, 0.4) is 0 Å². The van der Waals surface area contributed by atoms with Crippen LogP contribution < -0.4 is 0 Å². The second-order valence-electron chi connectivity index (χ2n) is 4.07. The highest BCUT2D eigenvalue weighted by Gasteiger charge is 2.42. The summed E-state index contributed by atoms with van der Waals surface area (Å²) < 4.78 is 4.70. The van der Waals surface area contributed by atoms with Gasteiger partial charge in [-0.25, -0.2) is 0 Å². The molecule has 0 radical (unpaired) electrons. The second-order valence-corrected chi connectivity index (χ2v) is 4.07. The highest BCUT2D eigenvalue weighted by Crippen LogP contribution is 2.39. The first-order valence-electron chi connectivity index (χ1n) is 5.41. The molecule has 0 saturated heterocycles. The molecule has 0 amide bonds. The van der Waals surface area contributed by atoms with E-state index in [-0.39, 0.29) is 11.7 Å². The summed E-state index contributed by atoms with van der Waals surface area (Å²) >= 11 is 0. The van der Waals surface area contributed by atoms with Crippen LogP contribution >= 0.6 is 0 Å². The summed E-state index contributed by atoms with van der Waals surface area (Å²) in [5.74, 6) is -0.946. The van der Waals surface area contributed by atoms with E-state index in [1.165, 1.54) is 7.11 Å². The third kappa shape index (κ3) is 2.13. The van der Waals surface area contributed by atoms with E-state index in [0.717, 1.165) is 12.8 Å². The number of Topliss-reactive ketones (excluding diaryl/α,β-unsaturated/α-hetero) is 1. The molecule has 1 aromatic carbocycles. The highest BCUT2D eigenvalue weighted by molar-refractivity contribution is 6.09. The van der Waals surface area contributed by atoms with E-state index in [1.807, 2.05) is 6.07 Å².